The predicted octanol–water partition coefficient (Wildman–Crippen LogP) is 4.23. The van der Waals surface area contributed by atoms with Crippen molar-refractivity contribution in [3.05, 3.63) is 0 Å². The molecule has 284 valence electrons. The lowest BCUT2D eigenvalue weighted by molar-refractivity contribution is -0.143. The number of nitrogens with one attached hydrogen (secondary N) is 1. The first kappa shape index (κ1) is 46.3. The highest BCUT2D eigenvalue weighted by Gasteiger charge is 2.38. The van der Waals surface area contributed by atoms with Crippen LogP contribution in [0.1, 0.15) is 113 Å². The van der Waals surface area contributed by atoms with Gasteiger partial charge in [-0.1, -0.05) is 74.7 Å². The van der Waals surface area contributed by atoms with Gasteiger partial charge < -0.3 is 25.6 Å². The van der Waals surface area contributed by atoms with Gasteiger partial charge in [0.1, 0.15) is 6.04 Å². The fraction of sp³-hybridized carbons (Fsp3) is 0.833. The minimum atomic E-state index is -0.775. The minimum absolute atomic E-state index is 0.00734. The van der Waals surface area contributed by atoms with Crippen LogP contribution in [0.5, 0.6) is 0 Å². The Morgan fingerprint density at radius 1 is 0.980 bits per heavy atom. The highest BCUT2D eigenvalue weighted by atomic mass is 32.2. The number of carbonyl (C=O) groups excluding carboxylic acids is 6. The zero-order chi connectivity index (χ0) is 37.8. The normalized spacial score (nSPS) is 16.9. The molecule has 0 spiro atoms. The molecule has 0 bridgehead atoms. The second-order valence-electron chi connectivity index (χ2n) is 13.9. The first-order chi connectivity index (χ1) is 23.0. The van der Waals surface area contributed by atoms with E-state index in [9.17, 15) is 28.8 Å². The number of amides is 6. The van der Waals surface area contributed by atoms with Crippen molar-refractivity contribution in [1.82, 2.24) is 20.0 Å². The van der Waals surface area contributed by atoms with Crippen LogP contribution in [-0.2, 0) is 33.5 Å². The van der Waals surface area contributed by atoms with Crippen LogP contribution in [0, 0.1) is 17.8 Å². The van der Waals surface area contributed by atoms with Gasteiger partial charge in [0.15, 0.2) is 0 Å². The van der Waals surface area contributed by atoms with Crippen LogP contribution in [-0.4, -0.2) is 114 Å². The molecule has 0 aromatic rings. The molecule has 1 aliphatic rings. The lowest BCUT2D eigenvalue weighted by Gasteiger charge is -2.37. The fourth-order valence-electron chi connectivity index (χ4n) is 5.78. The molecule has 1 heterocycles. The van der Waals surface area contributed by atoms with E-state index in [-0.39, 0.29) is 66.5 Å². The van der Waals surface area contributed by atoms with Crippen LogP contribution in [0.15, 0.2) is 0 Å². The molecule has 0 radical (unpaired) electrons. The quantitative estimate of drug-likeness (QED) is 0.125. The van der Waals surface area contributed by atoms with Gasteiger partial charge in [0.2, 0.25) is 35.4 Å². The topological polar surface area (TPSA) is 159 Å². The molecule has 49 heavy (non-hydrogen) atoms. The Morgan fingerprint density at radius 3 is 2.10 bits per heavy atom. The van der Waals surface area contributed by atoms with Crippen LogP contribution < -0.4 is 11.1 Å². The molecule has 3 N–H and O–H groups in total. The van der Waals surface area contributed by atoms with Crippen molar-refractivity contribution in [2.24, 2.45) is 23.5 Å². The lowest BCUT2D eigenvalue weighted by atomic mass is 9.91. The van der Waals surface area contributed by atoms with Crippen molar-refractivity contribution in [2.45, 2.75) is 137 Å². The average molecular weight is 714 g/mol. The van der Waals surface area contributed by atoms with Crippen molar-refractivity contribution in [2.75, 3.05) is 40.0 Å². The van der Waals surface area contributed by atoms with Gasteiger partial charge >= 0.3 is 0 Å². The van der Waals surface area contributed by atoms with Crippen LogP contribution in [0.4, 0.5) is 0 Å². The van der Waals surface area contributed by atoms with E-state index in [1.165, 1.54) is 28.2 Å². The maximum atomic E-state index is 13.2. The fourth-order valence-corrected chi connectivity index (χ4v) is 7.21. The summed E-state index contributed by atoms with van der Waals surface area (Å²) in [6.07, 6.45) is 4.69. The highest BCUT2D eigenvalue weighted by Crippen LogP contribution is 2.27. The summed E-state index contributed by atoms with van der Waals surface area (Å²) in [6, 6.07) is -1.20. The minimum Gasteiger partial charge on any atom is -0.379 e. The summed E-state index contributed by atoms with van der Waals surface area (Å²) in [5.74, 6) is -0.525. The summed E-state index contributed by atoms with van der Waals surface area (Å²) < 4.78 is 5.52. The molecule has 1 fully saturated rings. The Bertz CT molecular complexity index is 1060. The third-order valence-corrected chi connectivity index (χ3v) is 10.0. The van der Waals surface area contributed by atoms with Crippen molar-refractivity contribution in [3.63, 3.8) is 0 Å². The number of ether oxygens (including phenoxy) is 1. The van der Waals surface area contributed by atoms with Crippen molar-refractivity contribution in [1.29, 1.82) is 0 Å². The zero-order valence-electron chi connectivity index (χ0n) is 32.2. The number of primary amides is 1. The van der Waals surface area contributed by atoms with Gasteiger partial charge in [-0.15, -0.1) is 11.8 Å². The summed E-state index contributed by atoms with van der Waals surface area (Å²) in [4.78, 5) is 80.4. The van der Waals surface area contributed by atoms with E-state index in [1.807, 2.05) is 27.7 Å². The Kier molecular flexibility index (Phi) is 23.1. The number of likely N-dealkylation sites (tertiary alicyclic amines) is 1. The Morgan fingerprint density at radius 2 is 1.59 bits per heavy atom. The SMILES string of the molecule is CCC.CCC(C)C(C(CC(N)=O)OC)N(C)C(=O)CNC(=O)C(C(C)C)N(C)C(=O)CCCCCN1C(=O)CC(SCCC(C)C)C1=O. The Labute approximate surface area is 300 Å². The number of methoxy groups -OCH3 is 1. The summed E-state index contributed by atoms with van der Waals surface area (Å²) >= 11 is 1.56. The third-order valence-electron chi connectivity index (χ3n) is 8.77. The monoisotopic (exact) mass is 713 g/mol. The molecular formula is C36H67N5O7S. The number of carbonyl (C=O) groups is 6. The number of unbranched alkanes of at least 4 members (excludes halogenated alkanes) is 2. The number of rotatable bonds is 22. The van der Waals surface area contributed by atoms with E-state index < -0.39 is 30.0 Å². The molecule has 0 saturated carbocycles. The maximum absolute atomic E-state index is 13.2. The first-order valence-electron chi connectivity index (χ1n) is 18.0. The maximum Gasteiger partial charge on any atom is 0.243 e. The summed E-state index contributed by atoms with van der Waals surface area (Å²) in [7, 11) is 4.68. The summed E-state index contributed by atoms with van der Waals surface area (Å²) in [6.45, 7) is 16.2. The van der Waals surface area contributed by atoms with E-state index >= 15 is 0 Å². The van der Waals surface area contributed by atoms with Crippen molar-refractivity contribution in [3.8, 4) is 0 Å². The third kappa shape index (κ3) is 16.3. The Hall–Kier alpha value is -2.67. The number of nitrogens with two attached hydrogens (primary N) is 1. The largest absolute Gasteiger partial charge is 0.379 e. The summed E-state index contributed by atoms with van der Waals surface area (Å²) in [5, 5.41) is 2.41. The second-order valence-corrected chi connectivity index (χ2v) is 15.2. The molecule has 1 rings (SSSR count). The molecule has 1 aliphatic heterocycles. The van der Waals surface area contributed by atoms with Crippen LogP contribution in [0.25, 0.3) is 0 Å². The number of imide groups is 1. The Balaban J connectivity index is 0.00000738. The lowest BCUT2D eigenvalue weighted by Crippen LogP contribution is -2.55. The van der Waals surface area contributed by atoms with Crippen LogP contribution in [0.3, 0.4) is 0 Å². The van der Waals surface area contributed by atoms with Gasteiger partial charge in [-0.2, -0.15) is 0 Å². The second kappa shape index (κ2) is 24.5. The van der Waals surface area contributed by atoms with E-state index in [0.717, 1.165) is 18.6 Å². The van der Waals surface area contributed by atoms with Crippen LogP contribution in [0.2, 0.25) is 0 Å². The van der Waals surface area contributed by atoms with E-state index in [1.54, 1.807) is 25.9 Å². The average Bonchev–Trinajstić information content (AvgIpc) is 3.29. The number of thioether (sulfide) groups is 1. The van der Waals surface area contributed by atoms with Gasteiger partial charge in [-0.3, -0.25) is 33.7 Å². The molecule has 5 unspecified atom stereocenters. The number of hydrogen-bond donors (Lipinski definition) is 2. The summed E-state index contributed by atoms with van der Waals surface area (Å²) in [5.41, 5.74) is 5.40. The molecule has 0 aromatic carbocycles. The van der Waals surface area contributed by atoms with Gasteiger partial charge in [0, 0.05) is 40.6 Å². The van der Waals surface area contributed by atoms with E-state index in [0.29, 0.717) is 31.7 Å². The van der Waals surface area contributed by atoms with Crippen molar-refractivity contribution < 1.29 is 33.5 Å². The van der Waals surface area contributed by atoms with E-state index in [2.05, 4.69) is 33.0 Å². The standard InChI is InChI=1S/C33H59N5O7S.C3H8/c1-10-23(6)31(24(45-9)18-26(34)39)37(8)29(42)20-35-32(43)30(22(4)5)36(7)27(40)14-12-11-13-16-38-28(41)19-25(33(38)44)46-17-15-21(2)3;1-3-2/h21-25,30-31H,10-20H2,1-9H3,(H2,34,39)(H,35,43);3H2,1-2H3. The van der Waals surface area contributed by atoms with Gasteiger partial charge in [0.25, 0.3) is 0 Å². The first-order valence-corrected chi connectivity index (χ1v) is 19.1. The van der Waals surface area contributed by atoms with E-state index in [4.69, 9.17) is 10.5 Å². The molecular weight excluding hydrogens is 646 g/mol. The molecule has 1 saturated heterocycles. The van der Waals surface area contributed by atoms with Crippen molar-refractivity contribution >= 4 is 47.2 Å². The highest BCUT2D eigenvalue weighted by molar-refractivity contribution is 8.00. The zero-order valence-corrected chi connectivity index (χ0v) is 33.0. The predicted molar refractivity (Wildman–Crippen MR) is 196 cm³/mol. The van der Waals surface area contributed by atoms with Gasteiger partial charge in [0.05, 0.1) is 30.4 Å². The molecule has 6 amide bonds. The number of hydrogen-bond acceptors (Lipinski definition) is 8. The smallest absolute Gasteiger partial charge is 0.243 e. The number of likely N-dealkylation sites (N-methyl/N-ethyl adjacent to an activating group) is 2. The van der Waals surface area contributed by atoms with Crippen LogP contribution >= 0.6 is 11.8 Å². The van der Waals surface area contributed by atoms with Gasteiger partial charge in [-0.25, -0.2) is 0 Å². The molecule has 13 heteroatoms. The molecule has 5 atom stereocenters. The van der Waals surface area contributed by atoms with Gasteiger partial charge in [-0.05, 0) is 42.8 Å². The molecule has 0 aromatic heterocycles. The molecule has 12 nitrogen and oxygen atoms in total. The number of nitrogens with zero attached hydrogens (tertiary/aromatic N) is 3. The molecule has 0 aliphatic carbocycles.